The highest BCUT2D eigenvalue weighted by Gasteiger charge is 2.39. The van der Waals surface area contributed by atoms with Crippen LogP contribution in [0, 0.1) is 5.82 Å². The average molecular weight is 419 g/mol. The van der Waals surface area contributed by atoms with Gasteiger partial charge in [-0.1, -0.05) is 0 Å². The standard InChI is InChI=1S/C19H27F2NO5S/c1-5-26-18(23)16(21)17(22-28(24)19(2,3)4)14-10-12(6-7-15(14)20)27-13-8-9-25-11-13/h6-7,10,13,16-17,22H,5,8-9,11H2,1-4H3/t13-,16?,17?,28?/m1/s1. The van der Waals surface area contributed by atoms with Gasteiger partial charge in [-0.15, -0.1) is 4.72 Å². The molecule has 1 heterocycles. The van der Waals surface area contributed by atoms with Crippen LogP contribution in [0.5, 0.6) is 5.75 Å². The lowest BCUT2D eigenvalue weighted by Gasteiger charge is -2.29. The molecule has 0 aromatic heterocycles. The second-order valence-corrected chi connectivity index (χ2v) is 9.42. The van der Waals surface area contributed by atoms with E-state index >= 15 is 0 Å². The first-order valence-electron chi connectivity index (χ1n) is 9.16. The Labute approximate surface area is 167 Å². The van der Waals surface area contributed by atoms with E-state index in [0.29, 0.717) is 25.4 Å². The summed E-state index contributed by atoms with van der Waals surface area (Å²) < 4.78 is 59.5. The van der Waals surface area contributed by atoms with E-state index in [1.54, 1.807) is 27.7 Å². The summed E-state index contributed by atoms with van der Waals surface area (Å²) in [5.41, 5.74) is -0.158. The van der Waals surface area contributed by atoms with Crippen molar-refractivity contribution in [2.24, 2.45) is 0 Å². The van der Waals surface area contributed by atoms with Crippen molar-refractivity contribution in [2.45, 2.75) is 57.2 Å². The van der Waals surface area contributed by atoms with Crippen molar-refractivity contribution in [1.29, 1.82) is 0 Å². The molecular weight excluding hydrogens is 392 g/mol. The molecule has 6 nitrogen and oxygen atoms in total. The van der Waals surface area contributed by atoms with E-state index in [2.05, 4.69) is 4.72 Å². The minimum absolute atomic E-state index is 0.0261. The fraction of sp³-hybridized carbons (Fsp3) is 0.632. The molecule has 0 saturated carbocycles. The van der Waals surface area contributed by atoms with Crippen molar-refractivity contribution in [3.63, 3.8) is 0 Å². The van der Waals surface area contributed by atoms with Crippen LogP contribution in [-0.4, -0.2) is 47.4 Å². The Kier molecular flexibility index (Phi) is 8.06. The molecule has 158 valence electrons. The van der Waals surface area contributed by atoms with E-state index in [9.17, 15) is 18.1 Å². The van der Waals surface area contributed by atoms with Gasteiger partial charge in [0.1, 0.15) is 28.5 Å². The molecule has 0 spiro atoms. The van der Waals surface area contributed by atoms with Crippen LogP contribution >= 0.6 is 0 Å². The minimum atomic E-state index is -2.24. The van der Waals surface area contributed by atoms with Crippen LogP contribution in [0.2, 0.25) is 0 Å². The fourth-order valence-electron chi connectivity index (χ4n) is 2.56. The molecule has 0 radical (unpaired) electrons. The summed E-state index contributed by atoms with van der Waals surface area (Å²) in [7, 11) is 0. The second kappa shape index (κ2) is 9.87. The number of carbonyl (C=O) groups is 1. The molecule has 1 aliphatic rings. The Morgan fingerprint density at radius 3 is 2.75 bits per heavy atom. The third-order valence-corrected chi connectivity index (χ3v) is 5.67. The van der Waals surface area contributed by atoms with Crippen LogP contribution in [0.1, 0.15) is 45.7 Å². The lowest BCUT2D eigenvalue weighted by atomic mass is 10.0. The van der Waals surface area contributed by atoms with Crippen LogP contribution in [0.4, 0.5) is 8.78 Å². The molecule has 0 aliphatic carbocycles. The van der Waals surface area contributed by atoms with Crippen molar-refractivity contribution < 1.29 is 32.3 Å². The summed E-state index contributed by atoms with van der Waals surface area (Å²) in [5, 5.41) is 0. The van der Waals surface area contributed by atoms with Crippen molar-refractivity contribution in [3.8, 4) is 5.75 Å². The summed E-state index contributed by atoms with van der Waals surface area (Å²) in [6.45, 7) is 7.54. The first kappa shape index (κ1) is 22.9. The highest BCUT2D eigenvalue weighted by atomic mass is 32.2. The third-order valence-electron chi connectivity index (χ3n) is 4.09. The van der Waals surface area contributed by atoms with Crippen LogP contribution in [0.25, 0.3) is 0 Å². The monoisotopic (exact) mass is 419 g/mol. The van der Waals surface area contributed by atoms with Gasteiger partial charge in [-0.05, 0) is 45.9 Å². The molecule has 1 saturated heterocycles. The Bertz CT molecular complexity index is 664. The van der Waals surface area contributed by atoms with Crippen molar-refractivity contribution >= 4 is 17.3 Å². The molecule has 0 bridgehead atoms. The molecule has 2 rings (SSSR count). The van der Waals surface area contributed by atoms with Crippen molar-refractivity contribution in [2.75, 3.05) is 19.8 Å². The Hall–Kier alpha value is -1.42. The van der Waals surface area contributed by atoms with Crippen LogP contribution < -0.4 is 9.46 Å². The number of ether oxygens (including phenoxy) is 3. The number of halogens is 2. The molecule has 1 fully saturated rings. The zero-order chi connectivity index (χ0) is 20.9. The lowest BCUT2D eigenvalue weighted by molar-refractivity contribution is -0.150. The maximum absolute atomic E-state index is 14.9. The smallest absolute Gasteiger partial charge is 0.342 e. The van der Waals surface area contributed by atoms with Crippen molar-refractivity contribution in [3.05, 3.63) is 29.6 Å². The minimum Gasteiger partial charge on any atom is -0.598 e. The summed E-state index contributed by atoms with van der Waals surface area (Å²) >= 11 is -1.75. The number of esters is 1. The van der Waals surface area contributed by atoms with Gasteiger partial charge in [0, 0.05) is 23.3 Å². The van der Waals surface area contributed by atoms with E-state index in [1.807, 2.05) is 0 Å². The van der Waals surface area contributed by atoms with E-state index in [1.165, 1.54) is 12.1 Å². The highest BCUT2D eigenvalue weighted by Crippen LogP contribution is 2.30. The largest absolute Gasteiger partial charge is 0.598 e. The normalized spacial score (nSPS) is 20.5. The van der Waals surface area contributed by atoms with Crippen LogP contribution in [0.3, 0.4) is 0 Å². The number of nitrogens with one attached hydrogen (secondary N) is 1. The van der Waals surface area contributed by atoms with E-state index in [4.69, 9.17) is 14.2 Å². The Morgan fingerprint density at radius 1 is 1.46 bits per heavy atom. The van der Waals surface area contributed by atoms with E-state index in [0.717, 1.165) is 6.07 Å². The second-order valence-electron chi connectivity index (χ2n) is 7.42. The summed E-state index contributed by atoms with van der Waals surface area (Å²) in [5.74, 6) is -1.58. The highest BCUT2D eigenvalue weighted by molar-refractivity contribution is 7.90. The maximum atomic E-state index is 14.9. The van der Waals surface area contributed by atoms with Crippen LogP contribution in [-0.2, 0) is 25.6 Å². The van der Waals surface area contributed by atoms with Gasteiger partial charge in [0.15, 0.2) is 0 Å². The molecule has 4 atom stereocenters. The zero-order valence-electron chi connectivity index (χ0n) is 16.5. The predicted molar refractivity (Wildman–Crippen MR) is 102 cm³/mol. The maximum Gasteiger partial charge on any atom is 0.342 e. The number of hydrogen-bond donors (Lipinski definition) is 1. The number of rotatable bonds is 8. The van der Waals surface area contributed by atoms with Gasteiger partial charge in [-0.2, -0.15) is 0 Å². The number of alkyl halides is 1. The topological polar surface area (TPSA) is 79.9 Å². The van der Waals surface area contributed by atoms with Gasteiger partial charge < -0.3 is 18.8 Å². The molecule has 1 aromatic carbocycles. The predicted octanol–water partition coefficient (Wildman–Crippen LogP) is 2.99. The quantitative estimate of drug-likeness (QED) is 0.516. The molecule has 1 aromatic rings. The lowest BCUT2D eigenvalue weighted by Crippen LogP contribution is -2.46. The molecule has 9 heteroatoms. The summed E-state index contributed by atoms with van der Waals surface area (Å²) in [6, 6.07) is 2.37. The van der Waals surface area contributed by atoms with Crippen LogP contribution in [0.15, 0.2) is 18.2 Å². The van der Waals surface area contributed by atoms with E-state index in [-0.39, 0.29) is 18.3 Å². The first-order chi connectivity index (χ1) is 13.1. The van der Waals surface area contributed by atoms with Gasteiger partial charge in [0.25, 0.3) is 0 Å². The average Bonchev–Trinajstić information content (AvgIpc) is 3.13. The fourth-order valence-corrected chi connectivity index (χ4v) is 3.39. The Balaban J connectivity index is 2.33. The van der Waals surface area contributed by atoms with E-state index < -0.39 is 40.1 Å². The number of benzene rings is 1. The van der Waals surface area contributed by atoms with Gasteiger partial charge in [0.05, 0.1) is 19.8 Å². The molecule has 1 N–H and O–H groups in total. The zero-order valence-corrected chi connectivity index (χ0v) is 17.3. The summed E-state index contributed by atoms with van der Waals surface area (Å²) in [4.78, 5) is 12.0. The third kappa shape index (κ3) is 6.04. The van der Waals surface area contributed by atoms with Crippen molar-refractivity contribution in [1.82, 2.24) is 4.72 Å². The van der Waals surface area contributed by atoms with Gasteiger partial charge in [-0.25, -0.2) is 13.6 Å². The SMILES string of the molecule is CCOC(=O)C(F)C(N[S+]([O-])C(C)(C)C)c1cc(O[C@@H]2CCOC2)ccc1F. The molecule has 1 aliphatic heterocycles. The molecule has 3 unspecified atom stereocenters. The van der Waals surface area contributed by atoms with Gasteiger partial charge >= 0.3 is 5.97 Å². The molecular formula is C19H27F2NO5S. The number of hydrogen-bond acceptors (Lipinski definition) is 6. The molecule has 28 heavy (non-hydrogen) atoms. The van der Waals surface area contributed by atoms with Gasteiger partial charge in [-0.3, -0.25) is 0 Å². The summed E-state index contributed by atoms with van der Waals surface area (Å²) in [6.07, 6.45) is -1.73. The Morgan fingerprint density at radius 2 is 2.18 bits per heavy atom. The van der Waals surface area contributed by atoms with Gasteiger partial charge in [0.2, 0.25) is 6.17 Å². The first-order valence-corrected chi connectivity index (χ1v) is 10.3. The number of carbonyl (C=O) groups excluding carboxylic acids is 1. The molecule has 0 amide bonds.